The summed E-state index contributed by atoms with van der Waals surface area (Å²) in [5, 5.41) is 1.09. The molecule has 2 aromatic heterocycles. The van der Waals surface area contributed by atoms with E-state index in [4.69, 9.17) is 10.8 Å². The summed E-state index contributed by atoms with van der Waals surface area (Å²) < 4.78 is 16.7. The molecular formula is C32H33GeNO. The Hall–Kier alpha value is -3.11. The van der Waals surface area contributed by atoms with E-state index < -0.39 is 19.2 Å². The number of pyridine rings is 1. The summed E-state index contributed by atoms with van der Waals surface area (Å²) in [6.07, 6.45) is 2.05. The fourth-order valence-electron chi connectivity index (χ4n) is 4.79. The van der Waals surface area contributed by atoms with Crippen LogP contribution < -0.4 is 4.40 Å². The first-order valence-corrected chi connectivity index (χ1v) is 19.6. The first kappa shape index (κ1) is 22.4. The number of rotatable bonds is 5. The minimum atomic E-state index is -2.21. The van der Waals surface area contributed by atoms with Gasteiger partial charge in [0.25, 0.3) is 0 Å². The number of aryl methyl sites for hydroxylation is 1. The minimum absolute atomic E-state index is 0.691. The maximum absolute atomic E-state index is 8.88. The average molecular weight is 521 g/mol. The van der Waals surface area contributed by atoms with Crippen molar-refractivity contribution < 1.29 is 5.79 Å². The molecule has 0 aliphatic carbocycles. The van der Waals surface area contributed by atoms with Crippen molar-refractivity contribution in [1.82, 2.24) is 4.98 Å². The fourth-order valence-corrected chi connectivity index (χ4v) is 8.11. The van der Waals surface area contributed by atoms with Gasteiger partial charge in [-0.25, -0.2) is 0 Å². The van der Waals surface area contributed by atoms with Crippen molar-refractivity contribution in [2.75, 3.05) is 0 Å². The Morgan fingerprint density at radius 1 is 0.829 bits per heavy atom. The van der Waals surface area contributed by atoms with E-state index in [1.54, 1.807) is 0 Å². The molecule has 0 bridgehead atoms. The molecule has 3 aromatic carbocycles. The number of nitrogens with zero attached hydrogens (tertiary/aromatic N) is 1. The van der Waals surface area contributed by atoms with E-state index in [0.29, 0.717) is 0 Å². The molecule has 5 aromatic rings. The third-order valence-corrected chi connectivity index (χ3v) is 10.9. The van der Waals surface area contributed by atoms with Crippen LogP contribution in [-0.4, -0.2) is 18.3 Å². The predicted octanol–water partition coefficient (Wildman–Crippen LogP) is 8.81. The van der Waals surface area contributed by atoms with Crippen molar-refractivity contribution in [2.45, 2.75) is 43.9 Å². The molecule has 35 heavy (non-hydrogen) atoms. The van der Waals surface area contributed by atoms with E-state index in [-0.39, 0.29) is 0 Å². The molecule has 0 saturated carbocycles. The van der Waals surface area contributed by atoms with Crippen molar-refractivity contribution in [2.24, 2.45) is 0 Å². The zero-order chi connectivity index (χ0) is 25.7. The van der Waals surface area contributed by atoms with Crippen LogP contribution in [0.2, 0.25) is 17.3 Å². The Balaban J connectivity index is 1.79. The van der Waals surface area contributed by atoms with Crippen LogP contribution in [0.25, 0.3) is 44.7 Å². The first-order valence-electron chi connectivity index (χ1n) is 12.7. The first-order chi connectivity index (χ1) is 17.0. The van der Waals surface area contributed by atoms with Gasteiger partial charge in [-0.1, -0.05) is 6.07 Å². The van der Waals surface area contributed by atoms with Crippen LogP contribution in [0.4, 0.5) is 0 Å². The summed E-state index contributed by atoms with van der Waals surface area (Å²) in [6, 6.07) is 27.3. The molecule has 0 aliphatic heterocycles. The van der Waals surface area contributed by atoms with E-state index >= 15 is 0 Å². The third-order valence-electron chi connectivity index (χ3n) is 6.70. The zero-order valence-electron chi connectivity index (χ0n) is 22.4. The van der Waals surface area contributed by atoms with Crippen molar-refractivity contribution >= 4 is 28.6 Å². The second kappa shape index (κ2) is 9.16. The van der Waals surface area contributed by atoms with E-state index in [9.17, 15) is 0 Å². The molecule has 5 rings (SSSR count). The van der Waals surface area contributed by atoms with Gasteiger partial charge >= 0.3 is 207 Å². The van der Waals surface area contributed by atoms with Crippen molar-refractivity contribution in [3.8, 4) is 33.7 Å². The van der Waals surface area contributed by atoms with Crippen molar-refractivity contribution in [3.63, 3.8) is 0 Å². The van der Waals surface area contributed by atoms with Gasteiger partial charge in [0.15, 0.2) is 0 Å². The molecule has 0 saturated heterocycles. The molecule has 0 aliphatic rings. The average Bonchev–Trinajstić information content (AvgIpc) is 3.19. The molecule has 176 valence electrons. The molecule has 0 fully saturated rings. The van der Waals surface area contributed by atoms with Crippen LogP contribution in [0, 0.1) is 6.92 Å². The van der Waals surface area contributed by atoms with Crippen LogP contribution >= 0.6 is 0 Å². The molecular weight excluding hydrogens is 487 g/mol. The monoisotopic (exact) mass is 522 g/mol. The molecule has 3 heteroatoms. The van der Waals surface area contributed by atoms with E-state index in [2.05, 4.69) is 78.8 Å². The van der Waals surface area contributed by atoms with Gasteiger partial charge in [0.2, 0.25) is 0 Å². The summed E-state index contributed by atoms with van der Waals surface area (Å²) >= 11 is -2.21. The van der Waals surface area contributed by atoms with Gasteiger partial charge in [-0.15, -0.1) is 0 Å². The fraction of sp³-hybridized carbons (Fsp3) is 0.219. The second-order valence-electron chi connectivity index (χ2n) is 10.6. The van der Waals surface area contributed by atoms with Crippen LogP contribution in [0.1, 0.15) is 32.2 Å². The number of hydrogen-bond acceptors (Lipinski definition) is 2. The van der Waals surface area contributed by atoms with Crippen molar-refractivity contribution in [1.29, 1.82) is 0 Å². The number of benzene rings is 3. The van der Waals surface area contributed by atoms with Crippen LogP contribution in [0.3, 0.4) is 0 Å². The number of aromatic nitrogens is 1. The van der Waals surface area contributed by atoms with Gasteiger partial charge in [0.05, 0.1) is 0 Å². The third kappa shape index (κ3) is 4.48. The summed E-state index contributed by atoms with van der Waals surface area (Å²) in [6.45, 7) is 6.10. The van der Waals surface area contributed by atoms with Gasteiger partial charge in [-0.2, -0.15) is 0 Å². The molecule has 2 heterocycles. The Kier molecular flexibility index (Phi) is 5.85. The SMILES string of the molecule is [2H]C(C)(C)c1cc(-c2cc(-c3ccccc3)c3oc(-c4ccccc4)c(C)c3c2)nc[c]1[Ge]([CH3])([CH3])[CH3]. The Labute approximate surface area is 212 Å². The van der Waals surface area contributed by atoms with Gasteiger partial charge in [0, 0.05) is 0 Å². The van der Waals surface area contributed by atoms with E-state index in [0.717, 1.165) is 55.8 Å². The quantitative estimate of drug-likeness (QED) is 0.216. The van der Waals surface area contributed by atoms with Crippen molar-refractivity contribution in [3.05, 3.63) is 96.2 Å². The molecule has 0 amide bonds. The summed E-state index contributed by atoms with van der Waals surface area (Å²) in [4.78, 5) is 4.96. The number of hydrogen-bond donors (Lipinski definition) is 0. The maximum atomic E-state index is 8.88. The molecule has 0 N–H and O–H groups in total. The summed E-state index contributed by atoms with van der Waals surface area (Å²) in [5.41, 5.74) is 8.30. The van der Waals surface area contributed by atoms with Crippen LogP contribution in [0.15, 0.2) is 89.5 Å². The Morgan fingerprint density at radius 3 is 2.06 bits per heavy atom. The predicted molar refractivity (Wildman–Crippen MR) is 152 cm³/mol. The summed E-state index contributed by atoms with van der Waals surface area (Å²) in [5.74, 6) is 7.31. The van der Waals surface area contributed by atoms with E-state index in [1.807, 2.05) is 44.3 Å². The molecule has 0 unspecified atom stereocenters. The number of fused-ring (bicyclic) bond motifs is 1. The molecule has 0 spiro atoms. The van der Waals surface area contributed by atoms with Gasteiger partial charge in [0.1, 0.15) is 0 Å². The second-order valence-corrected chi connectivity index (χ2v) is 21.1. The normalized spacial score (nSPS) is 12.7. The van der Waals surface area contributed by atoms with Crippen LogP contribution in [0.5, 0.6) is 0 Å². The standard InChI is InChI=1S/C32H33GeNO/c1-21(2)26-19-30(34-20-29(26)33(4,5)6)25-17-27-22(3)31(24-15-11-8-12-16-24)35-32(27)28(18-25)23-13-9-7-10-14-23/h7-21H,1-6H3/i21D. The Bertz CT molecular complexity index is 1540. The number of furan rings is 1. The van der Waals surface area contributed by atoms with Crippen LogP contribution in [-0.2, 0) is 0 Å². The van der Waals surface area contributed by atoms with Gasteiger partial charge in [-0.3, -0.25) is 0 Å². The van der Waals surface area contributed by atoms with Gasteiger partial charge < -0.3 is 0 Å². The molecule has 2 nitrogen and oxygen atoms in total. The zero-order valence-corrected chi connectivity index (χ0v) is 23.5. The topological polar surface area (TPSA) is 26.0 Å². The molecule has 0 atom stereocenters. The Morgan fingerprint density at radius 2 is 1.46 bits per heavy atom. The van der Waals surface area contributed by atoms with Gasteiger partial charge in [-0.05, 0) is 0 Å². The summed E-state index contributed by atoms with van der Waals surface area (Å²) in [7, 11) is 0. The molecule has 0 radical (unpaired) electrons. The van der Waals surface area contributed by atoms with E-state index in [1.165, 1.54) is 4.40 Å².